The van der Waals surface area contributed by atoms with Crippen molar-refractivity contribution < 1.29 is 4.79 Å². The minimum atomic E-state index is -0.0443. The van der Waals surface area contributed by atoms with Crippen LogP contribution in [0.3, 0.4) is 0 Å². The Morgan fingerprint density at radius 3 is 2.15 bits per heavy atom. The fourth-order valence-electron chi connectivity index (χ4n) is 2.79. The molecule has 0 spiro atoms. The smallest absolute Gasteiger partial charge is 0.251 e. The molecule has 3 N–H and O–H groups in total. The minimum Gasteiger partial charge on any atom is -0.357 e. The van der Waals surface area contributed by atoms with Crippen molar-refractivity contribution in [3.63, 3.8) is 0 Å². The van der Waals surface area contributed by atoms with Gasteiger partial charge >= 0.3 is 0 Å². The second-order valence-electron chi connectivity index (χ2n) is 6.23. The van der Waals surface area contributed by atoms with E-state index in [2.05, 4.69) is 59.1 Å². The molecule has 27 heavy (non-hydrogen) atoms. The van der Waals surface area contributed by atoms with Gasteiger partial charge in [0.1, 0.15) is 0 Å². The van der Waals surface area contributed by atoms with Gasteiger partial charge in [-0.15, -0.1) is 0 Å². The third-order valence-corrected chi connectivity index (χ3v) is 4.26. The van der Waals surface area contributed by atoms with E-state index in [0.717, 1.165) is 31.0 Å². The zero-order valence-corrected chi connectivity index (χ0v) is 16.5. The van der Waals surface area contributed by atoms with Gasteiger partial charge in [0.2, 0.25) is 0 Å². The number of carbonyl (C=O) groups excluding carboxylic acids is 1. The van der Waals surface area contributed by atoms with Gasteiger partial charge in [0, 0.05) is 25.2 Å². The Bertz CT molecular complexity index is 753. The lowest BCUT2D eigenvalue weighted by molar-refractivity contribution is 0.0956. The molecule has 0 aliphatic heterocycles. The first-order chi connectivity index (χ1) is 13.2. The number of nitrogens with one attached hydrogen (secondary N) is 3. The number of aliphatic imine (C=N–C) groups is 1. The van der Waals surface area contributed by atoms with Gasteiger partial charge in [-0.1, -0.05) is 43.3 Å². The fraction of sp³-hybridized carbons (Fsp3) is 0.364. The zero-order valence-electron chi connectivity index (χ0n) is 16.5. The first kappa shape index (κ1) is 20.5. The molecule has 2 aromatic carbocycles. The van der Waals surface area contributed by atoms with Crippen molar-refractivity contribution in [2.45, 2.75) is 40.3 Å². The van der Waals surface area contributed by atoms with Crippen LogP contribution >= 0.6 is 0 Å². The van der Waals surface area contributed by atoms with E-state index < -0.39 is 0 Å². The molecule has 0 atom stereocenters. The third kappa shape index (κ3) is 6.44. The van der Waals surface area contributed by atoms with Gasteiger partial charge in [-0.3, -0.25) is 4.79 Å². The van der Waals surface area contributed by atoms with Gasteiger partial charge in [-0.05, 0) is 49.1 Å². The van der Waals surface area contributed by atoms with Gasteiger partial charge in [-0.2, -0.15) is 0 Å². The molecule has 5 heteroatoms. The molecular weight excluding hydrogens is 336 g/mol. The Hall–Kier alpha value is -2.82. The average Bonchev–Trinajstić information content (AvgIpc) is 2.71. The lowest BCUT2D eigenvalue weighted by atomic mass is 10.1. The zero-order chi connectivity index (χ0) is 19.5. The van der Waals surface area contributed by atoms with Crippen LogP contribution in [0.15, 0.2) is 53.5 Å². The lowest BCUT2D eigenvalue weighted by Gasteiger charge is -2.13. The fourth-order valence-corrected chi connectivity index (χ4v) is 2.79. The van der Waals surface area contributed by atoms with Crippen LogP contribution in [0.25, 0.3) is 0 Å². The van der Waals surface area contributed by atoms with Crippen molar-refractivity contribution in [2.75, 3.05) is 13.1 Å². The highest BCUT2D eigenvalue weighted by Crippen LogP contribution is 2.09. The summed E-state index contributed by atoms with van der Waals surface area (Å²) in [5.74, 6) is 0.744. The Balaban J connectivity index is 1.99. The number of amides is 1. The van der Waals surface area contributed by atoms with E-state index in [1.807, 2.05) is 31.2 Å². The normalized spacial score (nSPS) is 11.1. The van der Waals surface area contributed by atoms with E-state index in [9.17, 15) is 4.79 Å². The summed E-state index contributed by atoms with van der Waals surface area (Å²) in [6.07, 6.45) is 1.02. The molecule has 0 unspecified atom stereocenters. The number of aryl methyl sites for hydroxylation is 1. The molecule has 0 saturated carbocycles. The lowest BCUT2D eigenvalue weighted by Crippen LogP contribution is -2.37. The standard InChI is InChI=1S/C22H30N4O/c1-4-18-9-7-8-10-20(18)16-26-22(24-6-3)25-15-17-11-13-19(14-12-17)21(27)23-5-2/h7-14H,4-6,15-16H2,1-3H3,(H,23,27)(H2,24,25,26). The Kier molecular flexibility index (Phi) is 8.36. The highest BCUT2D eigenvalue weighted by Gasteiger charge is 2.04. The topological polar surface area (TPSA) is 65.5 Å². The molecule has 0 bridgehead atoms. The molecule has 0 aliphatic carbocycles. The van der Waals surface area contributed by atoms with Gasteiger partial charge in [0.25, 0.3) is 5.91 Å². The Morgan fingerprint density at radius 1 is 0.852 bits per heavy atom. The molecular formula is C22H30N4O. The second-order valence-corrected chi connectivity index (χ2v) is 6.23. The summed E-state index contributed by atoms with van der Waals surface area (Å²) in [4.78, 5) is 16.5. The molecule has 2 rings (SSSR count). The van der Waals surface area contributed by atoms with Crippen molar-refractivity contribution in [1.29, 1.82) is 0 Å². The van der Waals surface area contributed by atoms with Crippen molar-refractivity contribution in [3.8, 4) is 0 Å². The molecule has 0 aromatic heterocycles. The quantitative estimate of drug-likeness (QED) is 0.496. The summed E-state index contributed by atoms with van der Waals surface area (Å²) in [6, 6.07) is 16.0. The predicted octanol–water partition coefficient (Wildman–Crippen LogP) is 3.25. The van der Waals surface area contributed by atoms with Gasteiger partial charge in [0.15, 0.2) is 5.96 Å². The van der Waals surface area contributed by atoms with Crippen LogP contribution in [0.2, 0.25) is 0 Å². The Morgan fingerprint density at radius 2 is 1.52 bits per heavy atom. The van der Waals surface area contributed by atoms with Crippen LogP contribution in [-0.2, 0) is 19.5 Å². The number of hydrogen-bond acceptors (Lipinski definition) is 2. The molecule has 0 heterocycles. The van der Waals surface area contributed by atoms with Crippen LogP contribution in [0, 0.1) is 0 Å². The summed E-state index contributed by atoms with van der Waals surface area (Å²) in [5.41, 5.74) is 4.37. The summed E-state index contributed by atoms with van der Waals surface area (Å²) in [5, 5.41) is 9.49. The van der Waals surface area contributed by atoms with Crippen LogP contribution in [0.4, 0.5) is 0 Å². The Labute approximate surface area is 162 Å². The second kappa shape index (κ2) is 11.0. The largest absolute Gasteiger partial charge is 0.357 e. The van der Waals surface area contributed by atoms with Gasteiger partial charge in [-0.25, -0.2) is 4.99 Å². The van der Waals surface area contributed by atoms with Crippen LogP contribution in [-0.4, -0.2) is 25.0 Å². The summed E-state index contributed by atoms with van der Waals surface area (Å²) < 4.78 is 0. The predicted molar refractivity (Wildman–Crippen MR) is 112 cm³/mol. The highest BCUT2D eigenvalue weighted by atomic mass is 16.1. The minimum absolute atomic E-state index is 0.0443. The van der Waals surface area contributed by atoms with E-state index in [1.54, 1.807) is 0 Å². The van der Waals surface area contributed by atoms with E-state index in [1.165, 1.54) is 11.1 Å². The van der Waals surface area contributed by atoms with E-state index in [0.29, 0.717) is 18.7 Å². The van der Waals surface area contributed by atoms with Gasteiger partial charge in [0.05, 0.1) is 6.54 Å². The monoisotopic (exact) mass is 366 g/mol. The number of benzene rings is 2. The molecule has 0 aliphatic rings. The first-order valence-electron chi connectivity index (χ1n) is 9.64. The van der Waals surface area contributed by atoms with Gasteiger partial charge < -0.3 is 16.0 Å². The number of nitrogens with zero attached hydrogens (tertiary/aromatic N) is 1. The average molecular weight is 367 g/mol. The number of hydrogen-bond donors (Lipinski definition) is 3. The number of guanidine groups is 1. The molecule has 5 nitrogen and oxygen atoms in total. The summed E-state index contributed by atoms with van der Waals surface area (Å²) >= 11 is 0. The van der Waals surface area contributed by atoms with E-state index in [4.69, 9.17) is 0 Å². The molecule has 2 aromatic rings. The summed E-state index contributed by atoms with van der Waals surface area (Å²) in [6.45, 7) is 8.86. The summed E-state index contributed by atoms with van der Waals surface area (Å²) in [7, 11) is 0. The third-order valence-electron chi connectivity index (χ3n) is 4.26. The molecule has 144 valence electrons. The molecule has 1 amide bonds. The maximum atomic E-state index is 11.8. The van der Waals surface area contributed by atoms with E-state index in [-0.39, 0.29) is 5.91 Å². The van der Waals surface area contributed by atoms with Crippen LogP contribution in [0.5, 0.6) is 0 Å². The van der Waals surface area contributed by atoms with E-state index >= 15 is 0 Å². The van der Waals surface area contributed by atoms with Crippen molar-refractivity contribution in [1.82, 2.24) is 16.0 Å². The first-order valence-corrected chi connectivity index (χ1v) is 9.64. The molecule has 0 radical (unpaired) electrons. The molecule has 0 fully saturated rings. The maximum Gasteiger partial charge on any atom is 0.251 e. The maximum absolute atomic E-state index is 11.8. The number of rotatable bonds is 8. The SMILES string of the molecule is CCNC(=O)c1ccc(CN=C(NCC)NCc2ccccc2CC)cc1. The van der Waals surface area contributed by atoms with Crippen molar-refractivity contribution in [3.05, 3.63) is 70.8 Å². The van der Waals surface area contributed by atoms with Crippen molar-refractivity contribution in [2.24, 2.45) is 4.99 Å². The van der Waals surface area contributed by atoms with Crippen molar-refractivity contribution >= 4 is 11.9 Å². The number of carbonyl (C=O) groups is 1. The highest BCUT2D eigenvalue weighted by molar-refractivity contribution is 5.94. The molecule has 0 saturated heterocycles. The van der Waals surface area contributed by atoms with Crippen LogP contribution in [0.1, 0.15) is 47.8 Å². The van der Waals surface area contributed by atoms with Crippen LogP contribution < -0.4 is 16.0 Å².